The van der Waals surface area contributed by atoms with E-state index in [1.807, 2.05) is 72.8 Å². The monoisotopic (exact) mass is 363 g/mol. The third-order valence-corrected chi connectivity index (χ3v) is 4.47. The van der Waals surface area contributed by atoms with E-state index in [4.69, 9.17) is 14.7 Å². The molecular formula is C22H21NO4. The largest absolute Gasteiger partial charge is 0.493 e. The minimum atomic E-state index is -0.587. The van der Waals surface area contributed by atoms with Gasteiger partial charge in [0.25, 0.3) is 5.91 Å². The summed E-state index contributed by atoms with van der Waals surface area (Å²) in [6.45, 7) is 0. The average molecular weight is 363 g/mol. The Morgan fingerprint density at radius 3 is 2.00 bits per heavy atom. The number of methoxy groups -OCH3 is 2. The normalized spacial score (nSPS) is 11.5. The van der Waals surface area contributed by atoms with Crippen LogP contribution >= 0.6 is 0 Å². The lowest BCUT2D eigenvalue weighted by Crippen LogP contribution is -2.27. The number of hydroxylamine groups is 1. The van der Waals surface area contributed by atoms with Crippen molar-refractivity contribution in [3.63, 3.8) is 0 Å². The highest BCUT2D eigenvalue weighted by Crippen LogP contribution is 2.33. The second-order valence-corrected chi connectivity index (χ2v) is 6.01. The lowest BCUT2D eigenvalue weighted by molar-refractivity contribution is -0.129. The Labute approximate surface area is 158 Å². The predicted molar refractivity (Wildman–Crippen MR) is 103 cm³/mol. The van der Waals surface area contributed by atoms with E-state index in [9.17, 15) is 4.79 Å². The van der Waals surface area contributed by atoms with Crippen molar-refractivity contribution in [1.82, 2.24) is 5.48 Å². The molecule has 0 saturated carbocycles. The number of hydrogen-bond acceptors (Lipinski definition) is 4. The van der Waals surface area contributed by atoms with E-state index in [1.165, 1.54) is 0 Å². The molecule has 0 radical (unpaired) electrons. The number of benzene rings is 3. The van der Waals surface area contributed by atoms with Gasteiger partial charge in [-0.3, -0.25) is 10.0 Å². The van der Waals surface area contributed by atoms with Crippen molar-refractivity contribution in [2.75, 3.05) is 14.2 Å². The highest BCUT2D eigenvalue weighted by Gasteiger charge is 2.22. The molecule has 0 bridgehead atoms. The van der Waals surface area contributed by atoms with Crippen molar-refractivity contribution in [2.45, 2.75) is 5.92 Å². The van der Waals surface area contributed by atoms with Crippen molar-refractivity contribution in [3.8, 4) is 22.6 Å². The molecule has 0 aliphatic heterocycles. The zero-order valence-electron chi connectivity index (χ0n) is 15.2. The molecule has 5 heteroatoms. The van der Waals surface area contributed by atoms with Crippen LogP contribution in [0.15, 0.2) is 72.8 Å². The van der Waals surface area contributed by atoms with Crippen LogP contribution in [-0.2, 0) is 4.79 Å². The molecule has 138 valence electrons. The molecule has 1 atom stereocenters. The standard InChI is InChI=1S/C22H21NO4/c1-26-19-13-12-18(14-20(19)27-2)15-8-10-17(11-9-15)21(22(24)23-25)16-6-4-3-5-7-16/h3-14,21,25H,1-2H3,(H,23,24). The SMILES string of the molecule is COc1ccc(-c2ccc(C(C(=O)NO)c3ccccc3)cc2)cc1OC. The third-order valence-electron chi connectivity index (χ3n) is 4.47. The fraction of sp³-hybridized carbons (Fsp3) is 0.136. The van der Waals surface area contributed by atoms with E-state index >= 15 is 0 Å². The highest BCUT2D eigenvalue weighted by molar-refractivity contribution is 5.86. The van der Waals surface area contributed by atoms with Crippen LogP contribution in [0.4, 0.5) is 0 Å². The minimum absolute atomic E-state index is 0.472. The fourth-order valence-electron chi connectivity index (χ4n) is 3.09. The van der Waals surface area contributed by atoms with Crippen molar-refractivity contribution in [3.05, 3.63) is 83.9 Å². The van der Waals surface area contributed by atoms with Crippen LogP contribution < -0.4 is 15.0 Å². The molecule has 2 N–H and O–H groups in total. The van der Waals surface area contributed by atoms with Gasteiger partial charge in [-0.25, -0.2) is 5.48 Å². The second-order valence-electron chi connectivity index (χ2n) is 6.01. The number of rotatable bonds is 6. The third kappa shape index (κ3) is 3.93. The van der Waals surface area contributed by atoms with Crippen LogP contribution in [0.25, 0.3) is 11.1 Å². The maximum absolute atomic E-state index is 12.2. The lowest BCUT2D eigenvalue weighted by Gasteiger charge is -2.16. The molecule has 3 aromatic carbocycles. The maximum Gasteiger partial charge on any atom is 0.255 e. The molecule has 3 aromatic rings. The van der Waals surface area contributed by atoms with E-state index in [-0.39, 0.29) is 0 Å². The van der Waals surface area contributed by atoms with E-state index in [1.54, 1.807) is 19.7 Å². The summed E-state index contributed by atoms with van der Waals surface area (Å²) in [5.41, 5.74) is 5.32. The topological polar surface area (TPSA) is 67.8 Å². The molecule has 3 rings (SSSR count). The molecule has 5 nitrogen and oxygen atoms in total. The van der Waals surface area contributed by atoms with Crippen LogP contribution in [-0.4, -0.2) is 25.3 Å². The number of hydrogen-bond donors (Lipinski definition) is 2. The summed E-state index contributed by atoms with van der Waals surface area (Å²) < 4.78 is 10.6. The lowest BCUT2D eigenvalue weighted by atomic mass is 9.89. The number of nitrogens with one attached hydrogen (secondary N) is 1. The van der Waals surface area contributed by atoms with Gasteiger partial charge < -0.3 is 9.47 Å². The molecule has 1 unspecified atom stereocenters. The van der Waals surface area contributed by atoms with Crippen molar-refractivity contribution < 1.29 is 19.5 Å². The van der Waals surface area contributed by atoms with Crippen LogP contribution in [0.2, 0.25) is 0 Å². The Morgan fingerprint density at radius 2 is 1.41 bits per heavy atom. The van der Waals surface area contributed by atoms with Crippen LogP contribution in [0.5, 0.6) is 11.5 Å². The Morgan fingerprint density at radius 1 is 0.815 bits per heavy atom. The highest BCUT2D eigenvalue weighted by atomic mass is 16.5. The molecular weight excluding hydrogens is 342 g/mol. The Kier molecular flexibility index (Phi) is 5.74. The van der Waals surface area contributed by atoms with Crippen LogP contribution in [0.1, 0.15) is 17.0 Å². The summed E-state index contributed by atoms with van der Waals surface area (Å²) in [7, 11) is 3.20. The number of amides is 1. The first-order valence-corrected chi connectivity index (χ1v) is 8.49. The van der Waals surface area contributed by atoms with E-state index in [0.29, 0.717) is 11.5 Å². The first kappa shape index (κ1) is 18.5. The molecule has 1 amide bonds. The average Bonchev–Trinajstić information content (AvgIpc) is 2.74. The zero-order chi connectivity index (χ0) is 19.2. The first-order valence-electron chi connectivity index (χ1n) is 8.49. The van der Waals surface area contributed by atoms with E-state index < -0.39 is 11.8 Å². The van der Waals surface area contributed by atoms with Crippen LogP contribution in [0.3, 0.4) is 0 Å². The van der Waals surface area contributed by atoms with E-state index in [2.05, 4.69) is 0 Å². The molecule has 27 heavy (non-hydrogen) atoms. The summed E-state index contributed by atoms with van der Waals surface area (Å²) >= 11 is 0. The van der Waals surface area contributed by atoms with Crippen molar-refractivity contribution >= 4 is 5.91 Å². The number of carbonyl (C=O) groups excluding carboxylic acids is 1. The van der Waals surface area contributed by atoms with Gasteiger partial charge in [-0.2, -0.15) is 0 Å². The smallest absolute Gasteiger partial charge is 0.255 e. The summed E-state index contributed by atoms with van der Waals surface area (Å²) in [5.74, 6) is 0.262. The summed E-state index contributed by atoms with van der Waals surface area (Å²) in [4.78, 5) is 12.2. The molecule has 0 aromatic heterocycles. The molecule has 0 spiro atoms. The van der Waals surface area contributed by atoms with Crippen molar-refractivity contribution in [2.24, 2.45) is 0 Å². The van der Waals surface area contributed by atoms with Gasteiger partial charge in [-0.1, -0.05) is 60.7 Å². The van der Waals surface area contributed by atoms with Gasteiger partial charge in [-0.05, 0) is 34.4 Å². The summed E-state index contributed by atoms with van der Waals surface area (Å²) in [5, 5.41) is 9.14. The van der Waals surface area contributed by atoms with Gasteiger partial charge in [0.05, 0.1) is 20.1 Å². The van der Waals surface area contributed by atoms with Crippen molar-refractivity contribution in [1.29, 1.82) is 0 Å². The molecule has 0 aliphatic carbocycles. The van der Waals surface area contributed by atoms with Crippen LogP contribution in [0, 0.1) is 0 Å². The molecule has 0 saturated heterocycles. The fourth-order valence-corrected chi connectivity index (χ4v) is 3.09. The van der Waals surface area contributed by atoms with Gasteiger partial charge >= 0.3 is 0 Å². The Bertz CT molecular complexity index is 907. The second kappa shape index (κ2) is 8.38. The van der Waals surface area contributed by atoms with Gasteiger partial charge in [0.2, 0.25) is 0 Å². The Hall–Kier alpha value is -3.31. The molecule has 0 fully saturated rings. The molecule has 0 aliphatic rings. The Balaban J connectivity index is 1.95. The van der Waals surface area contributed by atoms with Gasteiger partial charge in [0, 0.05) is 0 Å². The summed E-state index contributed by atoms with van der Waals surface area (Å²) in [6, 6.07) is 22.7. The predicted octanol–water partition coefficient (Wildman–Crippen LogP) is 4.01. The minimum Gasteiger partial charge on any atom is -0.493 e. The quantitative estimate of drug-likeness (QED) is 0.513. The van der Waals surface area contributed by atoms with E-state index in [0.717, 1.165) is 22.3 Å². The van der Waals surface area contributed by atoms with Gasteiger partial charge in [-0.15, -0.1) is 0 Å². The number of ether oxygens (including phenoxy) is 2. The first-order chi connectivity index (χ1) is 13.2. The maximum atomic E-state index is 12.2. The number of carbonyl (C=O) groups is 1. The van der Waals surface area contributed by atoms with Gasteiger partial charge in [0.15, 0.2) is 11.5 Å². The summed E-state index contributed by atoms with van der Waals surface area (Å²) in [6.07, 6.45) is 0. The zero-order valence-corrected chi connectivity index (χ0v) is 15.2. The van der Waals surface area contributed by atoms with Gasteiger partial charge in [0.1, 0.15) is 0 Å². The molecule has 0 heterocycles.